The van der Waals surface area contributed by atoms with E-state index < -0.39 is 0 Å². The number of nitrogens with zero attached hydrogens (tertiary/aromatic N) is 2. The Balaban J connectivity index is 2.09. The first-order valence-electron chi connectivity index (χ1n) is 7.13. The third-order valence-electron chi connectivity index (χ3n) is 3.20. The molecule has 5 heteroatoms. The number of hydrogen-bond acceptors (Lipinski definition) is 4. The normalized spacial score (nSPS) is 11.1. The second-order valence-electron chi connectivity index (χ2n) is 5.63. The summed E-state index contributed by atoms with van der Waals surface area (Å²) < 4.78 is 0. The highest BCUT2D eigenvalue weighted by Crippen LogP contribution is 2.25. The molecule has 0 unspecified atom stereocenters. The predicted octanol–water partition coefficient (Wildman–Crippen LogP) is 4.18. The summed E-state index contributed by atoms with van der Waals surface area (Å²) in [4.78, 5) is 6.57. The van der Waals surface area contributed by atoms with Crippen LogP contribution in [0, 0.1) is 5.92 Å². The maximum atomic E-state index is 6.15. The van der Waals surface area contributed by atoms with Crippen molar-refractivity contribution in [3.05, 3.63) is 45.4 Å². The number of hydrogen-bond donors (Lipinski definition) is 1. The highest BCUT2D eigenvalue weighted by atomic mass is 35.5. The van der Waals surface area contributed by atoms with Crippen LogP contribution in [0.15, 0.2) is 29.1 Å². The van der Waals surface area contributed by atoms with Crippen molar-refractivity contribution in [3.8, 4) is 0 Å². The molecule has 1 N–H and O–H groups in total. The SMILES string of the molecule is CC(C)CNCc1cc(Cl)ccc1N(C)Cc1cscn1. The number of thiazole rings is 1. The molecule has 1 heterocycles. The first-order valence-corrected chi connectivity index (χ1v) is 8.45. The minimum absolute atomic E-state index is 0.639. The molecule has 0 radical (unpaired) electrons. The third kappa shape index (κ3) is 4.99. The van der Waals surface area contributed by atoms with Crippen molar-refractivity contribution in [2.24, 2.45) is 5.92 Å². The molecule has 2 aromatic rings. The van der Waals surface area contributed by atoms with Crippen LogP contribution < -0.4 is 10.2 Å². The van der Waals surface area contributed by atoms with Crippen molar-refractivity contribution in [2.75, 3.05) is 18.5 Å². The number of halogens is 1. The second-order valence-corrected chi connectivity index (χ2v) is 6.79. The fourth-order valence-corrected chi connectivity index (χ4v) is 2.95. The summed E-state index contributed by atoms with van der Waals surface area (Å²) in [5.74, 6) is 0.639. The minimum atomic E-state index is 0.639. The summed E-state index contributed by atoms with van der Waals surface area (Å²) in [7, 11) is 2.09. The molecule has 0 aliphatic rings. The number of rotatable bonds is 7. The Kier molecular flexibility index (Phi) is 6.03. The molecular weight excluding hydrogens is 302 g/mol. The molecule has 0 aliphatic heterocycles. The van der Waals surface area contributed by atoms with Crippen molar-refractivity contribution in [1.82, 2.24) is 10.3 Å². The molecule has 1 aromatic carbocycles. The smallest absolute Gasteiger partial charge is 0.0795 e. The van der Waals surface area contributed by atoms with Gasteiger partial charge in [-0.2, -0.15) is 0 Å². The topological polar surface area (TPSA) is 28.2 Å². The lowest BCUT2D eigenvalue weighted by Gasteiger charge is -2.22. The van der Waals surface area contributed by atoms with Crippen LogP contribution in [-0.2, 0) is 13.1 Å². The van der Waals surface area contributed by atoms with E-state index in [2.05, 4.69) is 47.5 Å². The van der Waals surface area contributed by atoms with Gasteiger partial charge in [-0.15, -0.1) is 11.3 Å². The lowest BCUT2D eigenvalue weighted by molar-refractivity contribution is 0.552. The van der Waals surface area contributed by atoms with E-state index in [-0.39, 0.29) is 0 Å². The van der Waals surface area contributed by atoms with E-state index in [0.29, 0.717) is 5.92 Å². The first kappa shape index (κ1) is 16.3. The van der Waals surface area contributed by atoms with E-state index >= 15 is 0 Å². The maximum Gasteiger partial charge on any atom is 0.0795 e. The van der Waals surface area contributed by atoms with Crippen molar-refractivity contribution in [1.29, 1.82) is 0 Å². The van der Waals surface area contributed by atoms with Gasteiger partial charge < -0.3 is 10.2 Å². The van der Waals surface area contributed by atoms with Crippen molar-refractivity contribution in [2.45, 2.75) is 26.9 Å². The van der Waals surface area contributed by atoms with E-state index in [1.165, 1.54) is 11.3 Å². The molecule has 0 atom stereocenters. The molecule has 3 nitrogen and oxygen atoms in total. The Bertz CT molecular complexity index is 555. The summed E-state index contributed by atoms with van der Waals surface area (Å²) in [6.45, 7) is 7.06. The number of anilines is 1. The lowest BCUT2D eigenvalue weighted by atomic mass is 10.1. The number of benzene rings is 1. The highest BCUT2D eigenvalue weighted by Gasteiger charge is 2.10. The molecule has 21 heavy (non-hydrogen) atoms. The van der Waals surface area contributed by atoms with Crippen LogP contribution in [-0.4, -0.2) is 18.6 Å². The van der Waals surface area contributed by atoms with Crippen LogP contribution in [0.2, 0.25) is 5.02 Å². The zero-order valence-corrected chi connectivity index (χ0v) is 14.3. The zero-order chi connectivity index (χ0) is 15.2. The molecule has 0 fully saturated rings. The van der Waals surface area contributed by atoms with Crippen molar-refractivity contribution < 1.29 is 0 Å². The standard InChI is InChI=1S/C16H22ClN3S/c1-12(2)7-18-8-13-6-14(17)4-5-16(13)20(3)9-15-10-21-11-19-15/h4-6,10-12,18H,7-9H2,1-3H3. The molecule has 114 valence electrons. The molecule has 0 amide bonds. The monoisotopic (exact) mass is 323 g/mol. The van der Waals surface area contributed by atoms with Gasteiger partial charge in [0.1, 0.15) is 0 Å². The molecule has 0 aliphatic carbocycles. The Morgan fingerprint density at radius 2 is 2.19 bits per heavy atom. The maximum absolute atomic E-state index is 6.15. The van der Waals surface area contributed by atoms with Gasteiger partial charge in [-0.05, 0) is 36.2 Å². The quantitative estimate of drug-likeness (QED) is 0.828. The van der Waals surface area contributed by atoms with E-state index in [1.54, 1.807) is 11.3 Å². The molecule has 0 bridgehead atoms. The van der Waals surface area contributed by atoms with Crippen LogP contribution in [0.3, 0.4) is 0 Å². The molecule has 0 saturated carbocycles. The fraction of sp³-hybridized carbons (Fsp3) is 0.438. The van der Waals surface area contributed by atoms with Crippen molar-refractivity contribution >= 4 is 28.6 Å². The zero-order valence-electron chi connectivity index (χ0n) is 12.8. The van der Waals surface area contributed by atoms with Crippen LogP contribution in [0.4, 0.5) is 5.69 Å². The Morgan fingerprint density at radius 1 is 1.38 bits per heavy atom. The van der Waals surface area contributed by atoms with Gasteiger partial charge in [-0.1, -0.05) is 25.4 Å². The van der Waals surface area contributed by atoms with E-state index in [9.17, 15) is 0 Å². The van der Waals surface area contributed by atoms with Crippen LogP contribution in [0.5, 0.6) is 0 Å². The van der Waals surface area contributed by atoms with Gasteiger partial charge in [-0.3, -0.25) is 0 Å². The van der Waals surface area contributed by atoms with Gasteiger partial charge in [-0.25, -0.2) is 4.98 Å². The van der Waals surface area contributed by atoms with Gasteiger partial charge in [0, 0.05) is 29.7 Å². The van der Waals surface area contributed by atoms with E-state index in [0.717, 1.165) is 30.4 Å². The molecule has 1 aromatic heterocycles. The Labute approximate surface area is 136 Å². The van der Waals surface area contributed by atoms with Gasteiger partial charge in [0.25, 0.3) is 0 Å². The third-order valence-corrected chi connectivity index (χ3v) is 4.07. The van der Waals surface area contributed by atoms with Gasteiger partial charge in [0.15, 0.2) is 0 Å². The largest absolute Gasteiger partial charge is 0.368 e. The van der Waals surface area contributed by atoms with Crippen LogP contribution >= 0.6 is 22.9 Å². The summed E-state index contributed by atoms with van der Waals surface area (Å²) >= 11 is 7.78. The highest BCUT2D eigenvalue weighted by molar-refractivity contribution is 7.07. The fourth-order valence-electron chi connectivity index (χ4n) is 2.21. The minimum Gasteiger partial charge on any atom is -0.368 e. The van der Waals surface area contributed by atoms with Gasteiger partial charge >= 0.3 is 0 Å². The Hall–Kier alpha value is -1.10. The van der Waals surface area contributed by atoms with Gasteiger partial charge in [0.2, 0.25) is 0 Å². The molecule has 0 spiro atoms. The average Bonchev–Trinajstić information content (AvgIpc) is 2.91. The lowest BCUT2D eigenvalue weighted by Crippen LogP contribution is -2.23. The summed E-state index contributed by atoms with van der Waals surface area (Å²) in [6.07, 6.45) is 0. The van der Waals surface area contributed by atoms with Crippen LogP contribution in [0.25, 0.3) is 0 Å². The van der Waals surface area contributed by atoms with Crippen molar-refractivity contribution in [3.63, 3.8) is 0 Å². The predicted molar refractivity (Wildman–Crippen MR) is 92.2 cm³/mol. The molecular formula is C16H22ClN3S. The molecule has 0 saturated heterocycles. The van der Waals surface area contributed by atoms with E-state index in [4.69, 9.17) is 11.6 Å². The Morgan fingerprint density at radius 3 is 2.86 bits per heavy atom. The average molecular weight is 324 g/mol. The summed E-state index contributed by atoms with van der Waals surface area (Å²) in [5.41, 5.74) is 5.39. The molecule has 2 rings (SSSR count). The summed E-state index contributed by atoms with van der Waals surface area (Å²) in [5, 5.41) is 6.35. The van der Waals surface area contributed by atoms with E-state index in [1.807, 2.05) is 17.6 Å². The van der Waals surface area contributed by atoms with Crippen LogP contribution in [0.1, 0.15) is 25.1 Å². The number of nitrogens with one attached hydrogen (secondary N) is 1. The second kappa shape index (κ2) is 7.78. The number of aromatic nitrogens is 1. The summed E-state index contributed by atoms with van der Waals surface area (Å²) in [6, 6.07) is 6.07. The first-order chi connectivity index (χ1) is 10.1. The van der Waals surface area contributed by atoms with Gasteiger partial charge in [0.05, 0.1) is 17.7 Å².